The first kappa shape index (κ1) is 18.4. The fraction of sp³-hybridized carbons (Fsp3) is 0.222. The number of anilines is 1. The summed E-state index contributed by atoms with van der Waals surface area (Å²) in [5.74, 6) is 0.319. The first-order valence-electron chi connectivity index (χ1n) is 7.43. The summed E-state index contributed by atoms with van der Waals surface area (Å²) >= 11 is 7.33. The van der Waals surface area contributed by atoms with Crippen molar-refractivity contribution < 1.29 is 9.59 Å². The van der Waals surface area contributed by atoms with E-state index < -0.39 is 0 Å². The monoisotopic (exact) mass is 362 g/mol. The summed E-state index contributed by atoms with van der Waals surface area (Å²) in [7, 11) is 1.79. The molecule has 2 aromatic rings. The average molecular weight is 363 g/mol. The van der Waals surface area contributed by atoms with E-state index in [1.165, 1.54) is 18.7 Å². The van der Waals surface area contributed by atoms with Crippen LogP contribution in [0.25, 0.3) is 0 Å². The highest BCUT2D eigenvalue weighted by Gasteiger charge is 2.10. The van der Waals surface area contributed by atoms with Gasteiger partial charge in [-0.1, -0.05) is 23.7 Å². The molecule has 0 bridgehead atoms. The SMILES string of the molecule is CC(=O)Nc1ccc(SCC(=O)N(C)Cc2ccc(Cl)cc2)cc1. The Morgan fingerprint density at radius 2 is 1.71 bits per heavy atom. The van der Waals surface area contributed by atoms with E-state index in [4.69, 9.17) is 11.6 Å². The third-order valence-electron chi connectivity index (χ3n) is 3.30. The van der Waals surface area contributed by atoms with Crippen LogP contribution in [0.3, 0.4) is 0 Å². The van der Waals surface area contributed by atoms with Crippen LogP contribution < -0.4 is 5.32 Å². The summed E-state index contributed by atoms with van der Waals surface area (Å²) < 4.78 is 0. The maximum Gasteiger partial charge on any atom is 0.232 e. The average Bonchev–Trinajstić information content (AvgIpc) is 2.55. The van der Waals surface area contributed by atoms with Gasteiger partial charge in [-0.2, -0.15) is 0 Å². The highest BCUT2D eigenvalue weighted by atomic mass is 35.5. The molecule has 0 fully saturated rings. The van der Waals surface area contributed by atoms with E-state index in [1.807, 2.05) is 48.5 Å². The van der Waals surface area contributed by atoms with Gasteiger partial charge in [0.25, 0.3) is 0 Å². The van der Waals surface area contributed by atoms with Crippen LogP contribution in [0.5, 0.6) is 0 Å². The van der Waals surface area contributed by atoms with Gasteiger partial charge in [-0.05, 0) is 42.0 Å². The summed E-state index contributed by atoms with van der Waals surface area (Å²) in [5.41, 5.74) is 1.79. The molecule has 0 unspecified atom stereocenters. The van der Waals surface area contributed by atoms with Gasteiger partial charge in [0.05, 0.1) is 5.75 Å². The molecule has 0 radical (unpaired) electrons. The topological polar surface area (TPSA) is 49.4 Å². The number of halogens is 1. The largest absolute Gasteiger partial charge is 0.341 e. The first-order valence-corrected chi connectivity index (χ1v) is 8.79. The highest BCUT2D eigenvalue weighted by molar-refractivity contribution is 8.00. The van der Waals surface area contributed by atoms with Crippen LogP contribution >= 0.6 is 23.4 Å². The van der Waals surface area contributed by atoms with Gasteiger partial charge in [0.2, 0.25) is 11.8 Å². The van der Waals surface area contributed by atoms with Crippen molar-refractivity contribution in [3.63, 3.8) is 0 Å². The molecule has 0 aliphatic rings. The maximum absolute atomic E-state index is 12.2. The molecule has 0 atom stereocenters. The second-order valence-electron chi connectivity index (χ2n) is 5.37. The second kappa shape index (κ2) is 8.76. The quantitative estimate of drug-likeness (QED) is 0.789. The molecule has 0 aliphatic heterocycles. The number of amides is 2. The minimum Gasteiger partial charge on any atom is -0.341 e. The van der Waals surface area contributed by atoms with Crippen LogP contribution in [0.4, 0.5) is 5.69 Å². The molecule has 126 valence electrons. The third kappa shape index (κ3) is 5.91. The summed E-state index contributed by atoms with van der Waals surface area (Å²) in [5, 5.41) is 3.40. The van der Waals surface area contributed by atoms with Gasteiger partial charge in [-0.3, -0.25) is 9.59 Å². The van der Waals surface area contributed by atoms with Gasteiger partial charge >= 0.3 is 0 Å². The second-order valence-corrected chi connectivity index (χ2v) is 6.86. The van der Waals surface area contributed by atoms with Gasteiger partial charge in [-0.15, -0.1) is 11.8 Å². The minimum atomic E-state index is -0.102. The molecule has 0 heterocycles. The molecule has 2 amide bonds. The predicted octanol–water partition coefficient (Wildman–Crippen LogP) is 4.05. The molecular formula is C18H19ClN2O2S. The third-order valence-corrected chi connectivity index (χ3v) is 4.54. The number of carbonyl (C=O) groups is 2. The minimum absolute atomic E-state index is 0.0564. The molecule has 24 heavy (non-hydrogen) atoms. The van der Waals surface area contributed by atoms with Crippen molar-refractivity contribution in [1.29, 1.82) is 0 Å². The van der Waals surface area contributed by atoms with Gasteiger partial charge < -0.3 is 10.2 Å². The number of hydrogen-bond acceptors (Lipinski definition) is 3. The van der Waals surface area contributed by atoms with Crippen LogP contribution in [0, 0.1) is 0 Å². The molecule has 2 aromatic carbocycles. The van der Waals surface area contributed by atoms with Crippen molar-refractivity contribution in [2.75, 3.05) is 18.1 Å². The zero-order valence-electron chi connectivity index (χ0n) is 13.6. The Morgan fingerprint density at radius 1 is 1.08 bits per heavy atom. The van der Waals surface area contributed by atoms with Crippen molar-refractivity contribution in [1.82, 2.24) is 4.90 Å². The Morgan fingerprint density at radius 3 is 2.29 bits per heavy atom. The lowest BCUT2D eigenvalue weighted by Gasteiger charge is -2.17. The van der Waals surface area contributed by atoms with Crippen LogP contribution in [-0.4, -0.2) is 29.5 Å². The molecule has 6 heteroatoms. The number of carbonyl (C=O) groups excluding carboxylic acids is 2. The lowest BCUT2D eigenvalue weighted by atomic mass is 10.2. The summed E-state index contributed by atoms with van der Waals surface area (Å²) in [4.78, 5) is 25.9. The van der Waals surface area contributed by atoms with Gasteiger partial charge in [0, 0.05) is 36.1 Å². The van der Waals surface area contributed by atoms with E-state index in [0.29, 0.717) is 17.3 Å². The molecule has 0 saturated heterocycles. The van der Waals surface area contributed by atoms with Crippen molar-refractivity contribution in [2.24, 2.45) is 0 Å². The zero-order valence-corrected chi connectivity index (χ0v) is 15.2. The normalized spacial score (nSPS) is 10.3. The van der Waals surface area contributed by atoms with Crippen LogP contribution in [-0.2, 0) is 16.1 Å². The summed E-state index contributed by atoms with van der Waals surface area (Å²) in [6.07, 6.45) is 0. The van der Waals surface area contributed by atoms with Gasteiger partial charge in [0.15, 0.2) is 0 Å². The van der Waals surface area contributed by atoms with Crippen LogP contribution in [0.15, 0.2) is 53.4 Å². The Hall–Kier alpha value is -1.98. The van der Waals surface area contributed by atoms with Crippen molar-refractivity contribution in [3.8, 4) is 0 Å². The Balaban J connectivity index is 1.83. The van der Waals surface area contributed by atoms with Gasteiger partial charge in [-0.25, -0.2) is 0 Å². The molecule has 1 N–H and O–H groups in total. The number of rotatable bonds is 6. The lowest BCUT2D eigenvalue weighted by Crippen LogP contribution is -2.27. The van der Waals surface area contributed by atoms with E-state index in [9.17, 15) is 9.59 Å². The van der Waals surface area contributed by atoms with E-state index in [-0.39, 0.29) is 11.8 Å². The van der Waals surface area contributed by atoms with Crippen LogP contribution in [0.1, 0.15) is 12.5 Å². The summed E-state index contributed by atoms with van der Waals surface area (Å²) in [6.45, 7) is 2.02. The van der Waals surface area contributed by atoms with E-state index >= 15 is 0 Å². The van der Waals surface area contributed by atoms with Crippen molar-refractivity contribution >= 4 is 40.9 Å². The fourth-order valence-corrected chi connectivity index (χ4v) is 3.01. The number of hydrogen-bond donors (Lipinski definition) is 1. The van der Waals surface area contributed by atoms with E-state index in [2.05, 4.69) is 5.32 Å². The van der Waals surface area contributed by atoms with Crippen molar-refractivity contribution in [2.45, 2.75) is 18.4 Å². The van der Waals surface area contributed by atoms with Crippen LogP contribution in [0.2, 0.25) is 5.02 Å². The van der Waals surface area contributed by atoms with E-state index in [0.717, 1.165) is 16.1 Å². The highest BCUT2D eigenvalue weighted by Crippen LogP contribution is 2.21. The molecule has 0 saturated carbocycles. The molecule has 0 aromatic heterocycles. The lowest BCUT2D eigenvalue weighted by molar-refractivity contribution is -0.127. The first-order chi connectivity index (χ1) is 11.4. The Kier molecular flexibility index (Phi) is 6.70. The Bertz CT molecular complexity index is 702. The van der Waals surface area contributed by atoms with E-state index in [1.54, 1.807) is 11.9 Å². The van der Waals surface area contributed by atoms with Gasteiger partial charge in [0.1, 0.15) is 0 Å². The summed E-state index contributed by atoms with van der Waals surface area (Å²) in [6, 6.07) is 14.9. The fourth-order valence-electron chi connectivity index (χ4n) is 2.04. The smallest absolute Gasteiger partial charge is 0.232 e. The molecule has 0 spiro atoms. The molecule has 4 nitrogen and oxygen atoms in total. The predicted molar refractivity (Wildman–Crippen MR) is 99.4 cm³/mol. The number of thioether (sulfide) groups is 1. The zero-order chi connectivity index (χ0) is 17.5. The molecule has 0 aliphatic carbocycles. The molecular weight excluding hydrogens is 344 g/mol. The number of nitrogens with one attached hydrogen (secondary N) is 1. The number of nitrogens with zero attached hydrogens (tertiary/aromatic N) is 1. The van der Waals surface area contributed by atoms with Crippen molar-refractivity contribution in [3.05, 3.63) is 59.1 Å². The standard InChI is InChI=1S/C18H19ClN2O2S/c1-13(22)20-16-7-9-17(10-8-16)24-12-18(23)21(2)11-14-3-5-15(19)6-4-14/h3-10H,11-12H2,1-2H3,(H,20,22). The number of benzene rings is 2. The molecule has 2 rings (SSSR count). The Labute approximate surface area is 151 Å². The maximum atomic E-state index is 12.2.